The summed E-state index contributed by atoms with van der Waals surface area (Å²) in [6.45, 7) is 5.75. The maximum atomic E-state index is 13.0. The molecule has 1 aromatic heterocycles. The molecule has 0 spiro atoms. The first-order chi connectivity index (χ1) is 14.0. The fourth-order valence-corrected chi connectivity index (χ4v) is 4.73. The van der Waals surface area contributed by atoms with E-state index < -0.39 is 0 Å². The minimum Gasteiger partial charge on any atom is -0.369 e. The van der Waals surface area contributed by atoms with E-state index in [1.54, 1.807) is 18.5 Å². The van der Waals surface area contributed by atoms with Gasteiger partial charge in [-0.25, -0.2) is 0 Å². The van der Waals surface area contributed by atoms with Gasteiger partial charge >= 0.3 is 0 Å². The van der Waals surface area contributed by atoms with Crippen LogP contribution in [-0.4, -0.2) is 60.0 Å². The lowest BCUT2D eigenvalue weighted by atomic mass is 9.88. The van der Waals surface area contributed by atoms with Gasteiger partial charge in [-0.2, -0.15) is 5.26 Å². The molecule has 0 saturated carbocycles. The molecular formula is C22H28N6O. The van der Waals surface area contributed by atoms with Crippen molar-refractivity contribution >= 4 is 22.6 Å². The van der Waals surface area contributed by atoms with Crippen molar-refractivity contribution in [1.29, 1.82) is 5.26 Å². The second-order valence-electron chi connectivity index (χ2n) is 8.55. The number of nitrogens with zero attached hydrogens (tertiary/aromatic N) is 5. The molecule has 3 atom stereocenters. The largest absolute Gasteiger partial charge is 0.369 e. The van der Waals surface area contributed by atoms with Crippen LogP contribution in [-0.2, 0) is 4.79 Å². The Morgan fingerprint density at radius 3 is 2.76 bits per heavy atom. The predicted molar refractivity (Wildman–Crippen MR) is 112 cm³/mol. The van der Waals surface area contributed by atoms with Gasteiger partial charge in [0, 0.05) is 38.1 Å². The number of nitriles is 1. The summed E-state index contributed by atoms with van der Waals surface area (Å²) in [5.41, 5.74) is 2.83. The molecule has 7 heteroatoms. The zero-order valence-corrected chi connectivity index (χ0v) is 17.1. The van der Waals surface area contributed by atoms with Crippen LogP contribution in [0.25, 0.3) is 11.0 Å². The molecule has 1 amide bonds. The molecular weight excluding hydrogens is 364 g/mol. The highest BCUT2D eigenvalue weighted by molar-refractivity contribution is 5.92. The standard InChI is InChI=1S/C22H28N6O/c1-15-10-17(22(29)26-18-4-3-9-27(2)14-18)13-28(12-15)19-6-5-16(11-23)20-21(19)25-8-7-24-20/h5-8,15,17-18H,3-4,9-10,12-14H2,1-2H3,(H,26,29)/t15-,17-,18?/m0/s1. The number of hydrogen-bond donors (Lipinski definition) is 1. The van der Waals surface area contributed by atoms with Crippen LogP contribution < -0.4 is 10.2 Å². The van der Waals surface area contributed by atoms with Crippen molar-refractivity contribution in [1.82, 2.24) is 20.2 Å². The van der Waals surface area contributed by atoms with Gasteiger partial charge < -0.3 is 15.1 Å². The number of benzene rings is 1. The molecule has 2 fully saturated rings. The van der Waals surface area contributed by atoms with Gasteiger partial charge in [-0.1, -0.05) is 6.92 Å². The Morgan fingerprint density at radius 2 is 2.00 bits per heavy atom. The number of amides is 1. The topological polar surface area (TPSA) is 85.2 Å². The third-order valence-corrected chi connectivity index (χ3v) is 6.07. The van der Waals surface area contributed by atoms with Crippen LogP contribution in [0.4, 0.5) is 5.69 Å². The molecule has 2 aliphatic rings. The summed E-state index contributed by atoms with van der Waals surface area (Å²) in [5, 5.41) is 12.7. The predicted octanol–water partition coefficient (Wildman–Crippen LogP) is 2.17. The molecule has 3 heterocycles. The second kappa shape index (κ2) is 8.34. The Bertz CT molecular complexity index is 939. The quantitative estimate of drug-likeness (QED) is 0.862. The normalized spacial score (nSPS) is 25.6. The van der Waals surface area contributed by atoms with Crippen LogP contribution in [0, 0.1) is 23.2 Å². The van der Waals surface area contributed by atoms with Crippen LogP contribution >= 0.6 is 0 Å². The van der Waals surface area contributed by atoms with E-state index >= 15 is 0 Å². The summed E-state index contributed by atoms with van der Waals surface area (Å²) in [6.07, 6.45) is 6.35. The number of likely N-dealkylation sites (tertiary alicyclic amines) is 1. The van der Waals surface area contributed by atoms with E-state index in [1.165, 1.54) is 0 Å². The highest BCUT2D eigenvalue weighted by Crippen LogP contribution is 2.32. The van der Waals surface area contributed by atoms with E-state index in [2.05, 4.69) is 45.1 Å². The molecule has 0 bridgehead atoms. The number of carbonyl (C=O) groups excluding carboxylic acids is 1. The minimum atomic E-state index is -0.0478. The first kappa shape index (κ1) is 19.6. The fourth-order valence-electron chi connectivity index (χ4n) is 4.73. The van der Waals surface area contributed by atoms with Gasteiger partial charge in [0.15, 0.2) is 0 Å². The summed E-state index contributed by atoms with van der Waals surface area (Å²) in [7, 11) is 2.11. The maximum Gasteiger partial charge on any atom is 0.225 e. The maximum absolute atomic E-state index is 13.0. The molecule has 1 N–H and O–H groups in total. The number of fused-ring (bicyclic) bond motifs is 1. The highest BCUT2D eigenvalue weighted by atomic mass is 16.2. The molecule has 2 saturated heterocycles. The van der Waals surface area contributed by atoms with Crippen molar-refractivity contribution in [2.45, 2.75) is 32.2 Å². The Morgan fingerprint density at radius 1 is 1.21 bits per heavy atom. The summed E-state index contributed by atoms with van der Waals surface area (Å²) < 4.78 is 0. The van der Waals surface area contributed by atoms with E-state index in [4.69, 9.17) is 0 Å². The van der Waals surface area contributed by atoms with Crippen LogP contribution in [0.2, 0.25) is 0 Å². The number of hydrogen-bond acceptors (Lipinski definition) is 6. The lowest BCUT2D eigenvalue weighted by Crippen LogP contribution is -2.51. The third-order valence-electron chi connectivity index (χ3n) is 6.07. The Hall–Kier alpha value is -2.72. The lowest BCUT2D eigenvalue weighted by molar-refractivity contribution is -0.126. The summed E-state index contributed by atoms with van der Waals surface area (Å²) in [6, 6.07) is 6.19. The van der Waals surface area contributed by atoms with E-state index in [9.17, 15) is 10.1 Å². The minimum absolute atomic E-state index is 0.0478. The summed E-state index contributed by atoms with van der Waals surface area (Å²) >= 11 is 0. The summed E-state index contributed by atoms with van der Waals surface area (Å²) in [5.74, 6) is 0.509. The molecule has 0 aliphatic carbocycles. The smallest absolute Gasteiger partial charge is 0.225 e. The highest BCUT2D eigenvalue weighted by Gasteiger charge is 2.32. The number of piperidine rings is 2. The van der Waals surface area contributed by atoms with Crippen molar-refractivity contribution in [2.24, 2.45) is 11.8 Å². The first-order valence-electron chi connectivity index (χ1n) is 10.4. The molecule has 1 aromatic carbocycles. The van der Waals surface area contributed by atoms with E-state index in [-0.39, 0.29) is 17.9 Å². The van der Waals surface area contributed by atoms with Gasteiger partial charge in [-0.3, -0.25) is 14.8 Å². The van der Waals surface area contributed by atoms with Crippen molar-refractivity contribution in [3.8, 4) is 6.07 Å². The van der Waals surface area contributed by atoms with Crippen molar-refractivity contribution in [3.63, 3.8) is 0 Å². The van der Waals surface area contributed by atoms with Crippen LogP contribution in [0.1, 0.15) is 31.7 Å². The van der Waals surface area contributed by atoms with Crippen LogP contribution in [0.5, 0.6) is 0 Å². The Labute approximate surface area is 171 Å². The van der Waals surface area contributed by atoms with E-state index in [0.717, 1.165) is 50.1 Å². The number of carbonyl (C=O) groups is 1. The van der Waals surface area contributed by atoms with Gasteiger partial charge in [0.25, 0.3) is 0 Å². The van der Waals surface area contributed by atoms with Crippen molar-refractivity contribution in [2.75, 3.05) is 38.1 Å². The molecule has 1 unspecified atom stereocenters. The third kappa shape index (κ3) is 4.18. The van der Waals surface area contributed by atoms with Gasteiger partial charge in [-0.15, -0.1) is 0 Å². The van der Waals surface area contributed by atoms with Crippen LogP contribution in [0.15, 0.2) is 24.5 Å². The van der Waals surface area contributed by atoms with Crippen molar-refractivity contribution < 1.29 is 4.79 Å². The van der Waals surface area contributed by atoms with Gasteiger partial charge in [0.1, 0.15) is 17.1 Å². The molecule has 152 valence electrons. The zero-order chi connectivity index (χ0) is 20.4. The SMILES string of the molecule is C[C@H]1C[C@H](C(=O)NC2CCCN(C)C2)CN(c2ccc(C#N)c3nccnc23)C1. The molecule has 0 radical (unpaired) electrons. The van der Waals surface area contributed by atoms with Gasteiger partial charge in [0.2, 0.25) is 5.91 Å². The number of anilines is 1. The van der Waals surface area contributed by atoms with E-state index in [0.29, 0.717) is 23.5 Å². The molecule has 29 heavy (non-hydrogen) atoms. The van der Waals surface area contributed by atoms with Gasteiger partial charge in [0.05, 0.1) is 17.2 Å². The fraction of sp³-hybridized carbons (Fsp3) is 0.545. The number of nitrogens with one attached hydrogen (secondary N) is 1. The van der Waals surface area contributed by atoms with E-state index in [1.807, 2.05) is 6.07 Å². The lowest BCUT2D eigenvalue weighted by Gasteiger charge is -2.38. The molecule has 2 aliphatic heterocycles. The first-order valence-corrected chi connectivity index (χ1v) is 10.4. The number of likely N-dealkylation sites (N-methyl/N-ethyl adjacent to an activating group) is 1. The van der Waals surface area contributed by atoms with Crippen LogP contribution in [0.3, 0.4) is 0 Å². The average molecular weight is 393 g/mol. The van der Waals surface area contributed by atoms with Crippen molar-refractivity contribution in [3.05, 3.63) is 30.1 Å². The zero-order valence-electron chi connectivity index (χ0n) is 17.1. The molecule has 7 nitrogen and oxygen atoms in total. The molecule has 4 rings (SSSR count). The van der Waals surface area contributed by atoms with Gasteiger partial charge in [-0.05, 0) is 50.9 Å². The Kier molecular flexibility index (Phi) is 5.63. The monoisotopic (exact) mass is 392 g/mol. The Balaban J connectivity index is 1.54. The summed E-state index contributed by atoms with van der Waals surface area (Å²) in [4.78, 5) is 26.4. The molecule has 2 aromatic rings. The average Bonchev–Trinajstić information content (AvgIpc) is 2.72. The number of aromatic nitrogens is 2. The second-order valence-corrected chi connectivity index (χ2v) is 8.55. The number of rotatable bonds is 3.